The number of unbranched alkanes of at least 4 members (excludes halogenated alkanes) is 9. The van der Waals surface area contributed by atoms with Crippen LogP contribution in [0.25, 0.3) is 10.9 Å². The van der Waals surface area contributed by atoms with Gasteiger partial charge in [-0.2, -0.15) is 0 Å². The van der Waals surface area contributed by atoms with E-state index in [-0.39, 0.29) is 70.1 Å². The summed E-state index contributed by atoms with van der Waals surface area (Å²) in [6, 6.07) is 16.4. The average Bonchev–Trinajstić information content (AvgIpc) is 3.22. The molecule has 0 saturated heterocycles. The van der Waals surface area contributed by atoms with Gasteiger partial charge >= 0.3 is 0 Å². The molecule has 2 amide bonds. The standard InChI is InChI=1S/C44H61N7O7S/c1-7-10-11-12-13-14-15-16-17-18-28-45-59(55,56)35-26-27-39(58-6)38(31-35)48-43(53)41(47-33-22-24-34(25-23-33)50(8-2)9-3)42-49-40-36(44(54)51(42)29-30-57-5)20-19-21-37(40)46-32(4)52/h19-27,31,45H,7-18,28-30H2,1-6H3,(H,46,52)(H,48,53)/b47-41-. The van der Waals surface area contributed by atoms with E-state index in [1.165, 1.54) is 82.4 Å². The third kappa shape index (κ3) is 13.2. The van der Waals surface area contributed by atoms with E-state index in [4.69, 9.17) is 19.5 Å². The number of rotatable bonds is 25. The second-order valence-electron chi connectivity index (χ2n) is 14.3. The lowest BCUT2D eigenvalue weighted by Gasteiger charge is -2.21. The number of carbonyl (C=O) groups excluding carboxylic acids is 2. The van der Waals surface area contributed by atoms with Gasteiger partial charge in [0.2, 0.25) is 15.9 Å². The highest BCUT2D eigenvalue weighted by atomic mass is 32.2. The first kappa shape index (κ1) is 46.6. The van der Waals surface area contributed by atoms with Crippen molar-refractivity contribution < 1.29 is 27.5 Å². The summed E-state index contributed by atoms with van der Waals surface area (Å²) in [6.45, 7) is 9.67. The molecule has 4 aromatic rings. The normalized spacial score (nSPS) is 11.8. The van der Waals surface area contributed by atoms with Crippen LogP contribution in [0.1, 0.15) is 97.7 Å². The monoisotopic (exact) mass is 831 g/mol. The molecule has 0 unspecified atom stereocenters. The lowest BCUT2D eigenvalue weighted by molar-refractivity contribution is -0.114. The van der Waals surface area contributed by atoms with Gasteiger partial charge in [-0.3, -0.25) is 19.0 Å². The smallest absolute Gasteiger partial charge is 0.278 e. The zero-order valence-corrected chi connectivity index (χ0v) is 36.3. The molecule has 15 heteroatoms. The second-order valence-corrected chi connectivity index (χ2v) is 16.1. The highest BCUT2D eigenvalue weighted by Crippen LogP contribution is 2.29. The lowest BCUT2D eigenvalue weighted by atomic mass is 10.1. The maximum atomic E-state index is 14.6. The highest BCUT2D eigenvalue weighted by molar-refractivity contribution is 7.89. The Morgan fingerprint density at radius 1 is 0.831 bits per heavy atom. The van der Waals surface area contributed by atoms with Gasteiger partial charge in [0.25, 0.3) is 11.5 Å². The average molecular weight is 832 g/mol. The highest BCUT2D eigenvalue weighted by Gasteiger charge is 2.26. The van der Waals surface area contributed by atoms with Crippen LogP contribution in [-0.2, 0) is 30.9 Å². The Morgan fingerprint density at radius 3 is 2.10 bits per heavy atom. The van der Waals surface area contributed by atoms with E-state index in [1.54, 1.807) is 30.3 Å². The minimum atomic E-state index is -3.95. The number of carbonyl (C=O) groups is 2. The first-order valence-electron chi connectivity index (χ1n) is 20.7. The van der Waals surface area contributed by atoms with Crippen LogP contribution in [0.4, 0.5) is 22.7 Å². The minimum absolute atomic E-state index is 0.0208. The summed E-state index contributed by atoms with van der Waals surface area (Å²) in [6.07, 6.45) is 11.3. The summed E-state index contributed by atoms with van der Waals surface area (Å²) in [5.41, 5.74) is 1.13. The molecule has 320 valence electrons. The molecule has 0 aliphatic carbocycles. The largest absolute Gasteiger partial charge is 0.495 e. The van der Waals surface area contributed by atoms with Crippen molar-refractivity contribution in [3.63, 3.8) is 0 Å². The number of amides is 2. The molecule has 0 spiro atoms. The fourth-order valence-corrected chi connectivity index (χ4v) is 7.90. The number of benzene rings is 3. The van der Waals surface area contributed by atoms with E-state index in [0.717, 1.165) is 38.0 Å². The molecule has 4 rings (SSSR count). The summed E-state index contributed by atoms with van der Waals surface area (Å²) < 4.78 is 41.8. The zero-order valence-electron chi connectivity index (χ0n) is 35.4. The van der Waals surface area contributed by atoms with Crippen LogP contribution in [0.3, 0.4) is 0 Å². The summed E-state index contributed by atoms with van der Waals surface area (Å²) in [4.78, 5) is 52.6. The van der Waals surface area contributed by atoms with Crippen LogP contribution in [0.5, 0.6) is 5.75 Å². The van der Waals surface area contributed by atoms with E-state index in [1.807, 2.05) is 12.1 Å². The molecule has 0 fully saturated rings. The first-order valence-corrected chi connectivity index (χ1v) is 22.2. The third-order valence-electron chi connectivity index (χ3n) is 10.0. The van der Waals surface area contributed by atoms with E-state index in [9.17, 15) is 22.8 Å². The number of nitrogens with zero attached hydrogens (tertiary/aromatic N) is 4. The van der Waals surface area contributed by atoms with Gasteiger partial charge in [0.1, 0.15) is 11.3 Å². The molecule has 3 aromatic carbocycles. The number of sulfonamides is 1. The molecule has 1 heterocycles. The van der Waals surface area contributed by atoms with Crippen LogP contribution in [0.2, 0.25) is 0 Å². The van der Waals surface area contributed by atoms with Gasteiger partial charge in [-0.25, -0.2) is 23.1 Å². The first-order chi connectivity index (χ1) is 28.5. The van der Waals surface area contributed by atoms with E-state index in [0.29, 0.717) is 12.1 Å². The summed E-state index contributed by atoms with van der Waals surface area (Å²) in [5, 5.41) is 5.74. The second kappa shape index (κ2) is 23.5. The van der Waals surface area contributed by atoms with Gasteiger partial charge in [0.05, 0.1) is 47.6 Å². The van der Waals surface area contributed by atoms with Crippen molar-refractivity contribution in [3.05, 3.63) is 76.8 Å². The number of aliphatic imine (C=N–C) groups is 1. The lowest BCUT2D eigenvalue weighted by Crippen LogP contribution is -2.35. The summed E-state index contributed by atoms with van der Waals surface area (Å²) >= 11 is 0. The molecule has 0 aliphatic heterocycles. The van der Waals surface area contributed by atoms with Gasteiger partial charge in [-0.15, -0.1) is 0 Å². The third-order valence-corrected chi connectivity index (χ3v) is 11.5. The van der Waals surface area contributed by atoms with Crippen molar-refractivity contribution in [2.45, 2.75) is 103 Å². The molecule has 1 aromatic heterocycles. The number of ether oxygens (including phenoxy) is 2. The number of methoxy groups -OCH3 is 2. The topological polar surface area (TPSA) is 173 Å². The van der Waals surface area contributed by atoms with Gasteiger partial charge < -0.3 is 25.0 Å². The van der Waals surface area contributed by atoms with Gasteiger partial charge in [0.15, 0.2) is 11.5 Å². The maximum absolute atomic E-state index is 14.6. The molecular weight excluding hydrogens is 771 g/mol. The molecular formula is C44H61N7O7S. The van der Waals surface area contributed by atoms with Crippen LogP contribution >= 0.6 is 0 Å². The van der Waals surface area contributed by atoms with E-state index in [2.05, 4.69) is 41.0 Å². The molecule has 0 radical (unpaired) electrons. The molecule has 14 nitrogen and oxygen atoms in total. The van der Waals surface area contributed by atoms with Gasteiger partial charge in [0, 0.05) is 39.4 Å². The number of hydrogen-bond donors (Lipinski definition) is 3. The van der Waals surface area contributed by atoms with Crippen molar-refractivity contribution in [2.24, 2.45) is 4.99 Å². The van der Waals surface area contributed by atoms with Gasteiger partial charge in [-0.1, -0.05) is 70.8 Å². The number of hydrogen-bond acceptors (Lipinski definition) is 10. The van der Waals surface area contributed by atoms with Crippen LogP contribution in [-0.4, -0.2) is 76.0 Å². The number of aromatic nitrogens is 2. The van der Waals surface area contributed by atoms with Crippen molar-refractivity contribution >= 4 is 61.2 Å². The molecule has 59 heavy (non-hydrogen) atoms. The Kier molecular flexibility index (Phi) is 18.5. The van der Waals surface area contributed by atoms with Crippen LogP contribution in [0, 0.1) is 0 Å². The Hall–Kier alpha value is -5.12. The van der Waals surface area contributed by atoms with E-state index < -0.39 is 21.5 Å². The van der Waals surface area contributed by atoms with Crippen molar-refractivity contribution in [1.29, 1.82) is 0 Å². The van der Waals surface area contributed by atoms with Gasteiger partial charge in [-0.05, 0) is 74.9 Å². The maximum Gasteiger partial charge on any atom is 0.278 e. The summed E-state index contributed by atoms with van der Waals surface area (Å²) in [5.74, 6) is -1.06. The van der Waals surface area contributed by atoms with E-state index >= 15 is 0 Å². The summed E-state index contributed by atoms with van der Waals surface area (Å²) in [7, 11) is -1.05. The predicted octanol–water partition coefficient (Wildman–Crippen LogP) is 7.81. The zero-order chi connectivity index (χ0) is 42.8. The van der Waals surface area contributed by atoms with Crippen LogP contribution < -0.4 is 30.6 Å². The fraction of sp³-hybridized carbons (Fsp3) is 0.477. The van der Waals surface area contributed by atoms with Crippen molar-refractivity contribution in [2.75, 3.05) is 56.0 Å². The van der Waals surface area contributed by atoms with Crippen molar-refractivity contribution in [3.8, 4) is 5.75 Å². The predicted molar refractivity (Wildman–Crippen MR) is 237 cm³/mol. The van der Waals surface area contributed by atoms with Crippen LogP contribution in [0.15, 0.2) is 75.3 Å². The number of anilines is 3. The minimum Gasteiger partial charge on any atom is -0.495 e. The molecule has 0 aliphatic rings. The number of nitrogens with one attached hydrogen (secondary N) is 3. The quantitative estimate of drug-likeness (QED) is 0.0445. The number of fused-ring (bicyclic) bond motifs is 1. The molecule has 0 bridgehead atoms. The Balaban J connectivity index is 1.71. The molecule has 0 saturated carbocycles. The number of para-hydroxylation sites is 1. The SMILES string of the molecule is CCCCCCCCCCCCNS(=O)(=O)c1ccc(OC)c(NC(=O)/C(=N\c2ccc(N(CC)CC)cc2)c2nc3c(NC(C)=O)cccc3c(=O)n2CCOC)c1. The van der Waals surface area contributed by atoms with Crippen molar-refractivity contribution in [1.82, 2.24) is 14.3 Å². The molecule has 3 N–H and O–H groups in total. The Morgan fingerprint density at radius 2 is 1.49 bits per heavy atom. The molecule has 0 atom stereocenters. The fourth-order valence-electron chi connectivity index (χ4n) is 6.80. The Labute approximate surface area is 348 Å². The Bertz CT molecular complexity index is 2200.